The van der Waals surface area contributed by atoms with Crippen LogP contribution in [0, 0.1) is 19.8 Å². The summed E-state index contributed by atoms with van der Waals surface area (Å²) in [7, 11) is 0.272. The summed E-state index contributed by atoms with van der Waals surface area (Å²) in [5, 5.41) is 8.08. The lowest BCUT2D eigenvalue weighted by Gasteiger charge is -2.33. The average Bonchev–Trinajstić information content (AvgIpc) is 3.18. The number of likely N-dealkylation sites (N-methyl/N-ethyl adjacent to an activating group) is 1. The zero-order valence-electron chi connectivity index (χ0n) is 24.1. The van der Waals surface area contributed by atoms with Crippen molar-refractivity contribution in [3.05, 3.63) is 41.2 Å². The van der Waals surface area contributed by atoms with E-state index in [2.05, 4.69) is 21.9 Å². The third-order valence-electron chi connectivity index (χ3n) is 8.22. The third-order valence-corrected chi connectivity index (χ3v) is 9.69. The summed E-state index contributed by atoms with van der Waals surface area (Å²) in [6, 6.07) is 7.17. The number of carbonyl (C=O) groups excluding carboxylic acids is 1. The first-order valence-electron chi connectivity index (χ1n) is 14.4. The maximum Gasteiger partial charge on any atom is 0.240 e. The predicted octanol–water partition coefficient (Wildman–Crippen LogP) is 3.38. The van der Waals surface area contributed by atoms with Crippen LogP contribution >= 0.6 is 0 Å². The number of aromatic nitrogens is 2. The number of carbonyl (C=O) groups is 1. The molecule has 2 aliphatic rings. The van der Waals surface area contributed by atoms with Crippen LogP contribution in [0.5, 0.6) is 0 Å². The fourth-order valence-electron chi connectivity index (χ4n) is 5.81. The number of amides is 1. The average molecular weight is 559 g/mol. The Balaban J connectivity index is 1.31. The molecule has 0 spiro atoms. The Bertz CT molecular complexity index is 1190. The molecular weight excluding hydrogens is 512 g/mol. The summed E-state index contributed by atoms with van der Waals surface area (Å²) in [6.45, 7) is 7.83. The van der Waals surface area contributed by atoms with Crippen LogP contribution in [0.1, 0.15) is 68.3 Å². The molecule has 2 heterocycles. The van der Waals surface area contributed by atoms with Gasteiger partial charge in [0.2, 0.25) is 15.9 Å². The Morgan fingerprint density at radius 2 is 1.69 bits per heavy atom. The minimum absolute atomic E-state index is 0.233. The fraction of sp³-hybridized carbons (Fsp3) is 0.655. The second kappa shape index (κ2) is 13.4. The first kappa shape index (κ1) is 29.7. The molecule has 1 aliphatic carbocycles. The molecule has 4 rings (SSSR count). The van der Waals surface area contributed by atoms with Crippen LogP contribution in [0.2, 0.25) is 0 Å². The van der Waals surface area contributed by atoms with Crippen molar-refractivity contribution in [3.8, 4) is 5.69 Å². The molecule has 1 aromatic carbocycles. The third kappa shape index (κ3) is 8.13. The summed E-state index contributed by atoms with van der Waals surface area (Å²) in [5.74, 6) is 0.808. The molecular formula is C29H46N6O3S. The highest BCUT2D eigenvalue weighted by molar-refractivity contribution is 7.89. The Labute approximate surface area is 234 Å². The van der Waals surface area contributed by atoms with Gasteiger partial charge in [-0.1, -0.05) is 19.3 Å². The quantitative estimate of drug-likeness (QED) is 0.439. The van der Waals surface area contributed by atoms with Crippen molar-refractivity contribution in [2.45, 2.75) is 82.7 Å². The molecule has 0 atom stereocenters. The van der Waals surface area contributed by atoms with Crippen LogP contribution in [-0.4, -0.2) is 80.2 Å². The largest absolute Gasteiger partial charge is 0.353 e. The number of likely N-dealkylation sites (tertiary alicyclic amines) is 1. The number of nitrogens with one attached hydrogen (secondary N) is 2. The summed E-state index contributed by atoms with van der Waals surface area (Å²) in [5.41, 5.74) is 4.10. The van der Waals surface area contributed by atoms with Gasteiger partial charge in [-0.2, -0.15) is 5.10 Å². The van der Waals surface area contributed by atoms with Crippen molar-refractivity contribution in [2.75, 3.05) is 40.3 Å². The van der Waals surface area contributed by atoms with Crippen molar-refractivity contribution >= 4 is 15.9 Å². The molecule has 2 fully saturated rings. The predicted molar refractivity (Wildman–Crippen MR) is 154 cm³/mol. The van der Waals surface area contributed by atoms with Crippen LogP contribution in [0.15, 0.2) is 29.2 Å². The lowest BCUT2D eigenvalue weighted by molar-refractivity contribution is -0.123. The number of benzene rings is 1. The van der Waals surface area contributed by atoms with E-state index in [-0.39, 0.29) is 16.8 Å². The highest BCUT2D eigenvalue weighted by Gasteiger charge is 2.25. The van der Waals surface area contributed by atoms with Crippen molar-refractivity contribution < 1.29 is 13.2 Å². The lowest BCUT2D eigenvalue weighted by atomic mass is 9.86. The lowest BCUT2D eigenvalue weighted by Crippen LogP contribution is -2.44. The van der Waals surface area contributed by atoms with Crippen molar-refractivity contribution in [3.63, 3.8) is 0 Å². The molecule has 10 heteroatoms. The number of piperidine rings is 1. The van der Waals surface area contributed by atoms with Gasteiger partial charge in [-0.05, 0) is 83.8 Å². The molecule has 216 valence electrons. The van der Waals surface area contributed by atoms with E-state index in [1.54, 1.807) is 12.1 Å². The Morgan fingerprint density at radius 1 is 1.03 bits per heavy atom. The molecule has 1 saturated heterocycles. The molecule has 0 unspecified atom stereocenters. The normalized spacial score (nSPS) is 18.1. The smallest absolute Gasteiger partial charge is 0.240 e. The molecule has 1 aliphatic heterocycles. The van der Waals surface area contributed by atoms with E-state index in [1.165, 1.54) is 37.7 Å². The summed E-state index contributed by atoms with van der Waals surface area (Å²) in [6.07, 6.45) is 8.91. The summed E-state index contributed by atoms with van der Waals surface area (Å²) < 4.78 is 29.7. The number of hydrogen-bond donors (Lipinski definition) is 2. The van der Waals surface area contributed by atoms with Crippen molar-refractivity contribution in [2.24, 2.45) is 5.92 Å². The van der Waals surface area contributed by atoms with Gasteiger partial charge in [-0.25, -0.2) is 17.8 Å². The minimum Gasteiger partial charge on any atom is -0.353 e. The monoisotopic (exact) mass is 558 g/mol. The SMILES string of the molecule is Cc1nn(-c2ccc(S(=O)(=O)NCCN(C)C)cc2)c(C)c1CN1CCC(NC(=O)CC2CCCCC2)CC1. The number of nitrogens with zero attached hydrogens (tertiary/aromatic N) is 4. The molecule has 39 heavy (non-hydrogen) atoms. The molecule has 0 radical (unpaired) electrons. The van der Waals surface area contributed by atoms with Gasteiger partial charge < -0.3 is 10.2 Å². The van der Waals surface area contributed by atoms with Gasteiger partial charge in [0.25, 0.3) is 0 Å². The van der Waals surface area contributed by atoms with Crippen LogP contribution in [0.3, 0.4) is 0 Å². The summed E-state index contributed by atoms with van der Waals surface area (Å²) >= 11 is 0. The van der Waals surface area contributed by atoms with Gasteiger partial charge in [0, 0.05) is 56.4 Å². The van der Waals surface area contributed by atoms with Gasteiger partial charge in [0.15, 0.2) is 0 Å². The maximum absolute atomic E-state index is 12.6. The van der Waals surface area contributed by atoms with Gasteiger partial charge in [0.1, 0.15) is 0 Å². The molecule has 0 bridgehead atoms. The van der Waals surface area contributed by atoms with Gasteiger partial charge in [0.05, 0.1) is 16.3 Å². The minimum atomic E-state index is -3.55. The first-order valence-corrected chi connectivity index (χ1v) is 15.9. The number of hydrogen-bond acceptors (Lipinski definition) is 6. The van der Waals surface area contributed by atoms with E-state index in [1.807, 2.05) is 42.7 Å². The van der Waals surface area contributed by atoms with Crippen molar-refractivity contribution in [1.82, 2.24) is 29.6 Å². The highest BCUT2D eigenvalue weighted by atomic mass is 32.2. The zero-order valence-corrected chi connectivity index (χ0v) is 24.9. The molecule has 9 nitrogen and oxygen atoms in total. The maximum atomic E-state index is 12.6. The van der Waals surface area contributed by atoms with Crippen LogP contribution in [0.25, 0.3) is 5.69 Å². The summed E-state index contributed by atoms with van der Waals surface area (Å²) in [4.78, 5) is 17.2. The number of aryl methyl sites for hydroxylation is 1. The standard InChI is InChI=1S/C29H46N6O3S/c1-22-28(21-34-17-14-25(15-18-34)31-29(36)20-24-8-6-5-7-9-24)23(2)35(32-22)26-10-12-27(13-11-26)39(37,38)30-16-19-33(3)4/h10-13,24-25,30H,5-9,14-21H2,1-4H3,(H,31,36). The van der Waals surface area contributed by atoms with Crippen LogP contribution in [-0.2, 0) is 21.4 Å². The van der Waals surface area contributed by atoms with Crippen LogP contribution in [0.4, 0.5) is 0 Å². The second-order valence-corrected chi connectivity index (χ2v) is 13.3. The van der Waals surface area contributed by atoms with Crippen LogP contribution < -0.4 is 10.0 Å². The zero-order chi connectivity index (χ0) is 28.0. The van der Waals surface area contributed by atoms with Crippen molar-refractivity contribution in [1.29, 1.82) is 0 Å². The Hall–Kier alpha value is -2.27. The number of sulfonamides is 1. The molecule has 1 saturated carbocycles. The van der Waals surface area contributed by atoms with E-state index in [0.29, 0.717) is 25.4 Å². The van der Waals surface area contributed by atoms with E-state index in [4.69, 9.17) is 5.10 Å². The molecule has 1 aromatic heterocycles. The van der Waals surface area contributed by atoms with E-state index < -0.39 is 10.0 Å². The van der Waals surface area contributed by atoms with E-state index >= 15 is 0 Å². The molecule has 2 N–H and O–H groups in total. The Morgan fingerprint density at radius 3 is 2.33 bits per heavy atom. The van der Waals surface area contributed by atoms with E-state index in [9.17, 15) is 13.2 Å². The topological polar surface area (TPSA) is 99.6 Å². The van der Waals surface area contributed by atoms with E-state index in [0.717, 1.165) is 49.6 Å². The first-order chi connectivity index (χ1) is 18.6. The fourth-order valence-corrected chi connectivity index (χ4v) is 6.83. The molecule has 1 amide bonds. The second-order valence-electron chi connectivity index (χ2n) is 11.6. The van der Waals surface area contributed by atoms with Gasteiger partial charge in [-0.3, -0.25) is 9.69 Å². The molecule has 2 aromatic rings. The highest BCUT2D eigenvalue weighted by Crippen LogP contribution is 2.27. The van der Waals surface area contributed by atoms with Gasteiger partial charge in [-0.15, -0.1) is 0 Å². The number of rotatable bonds is 11. The van der Waals surface area contributed by atoms with Gasteiger partial charge >= 0.3 is 0 Å². The Kier molecular flexibility index (Phi) is 10.2.